The molecule has 6 heteroatoms. The van der Waals surface area contributed by atoms with Crippen LogP contribution >= 0.6 is 15.9 Å². The number of nitro groups is 1. The average molecular weight is 317 g/mol. The molecule has 0 fully saturated rings. The molecule has 100 valence electrons. The van der Waals surface area contributed by atoms with Gasteiger partial charge in [0.2, 0.25) is 0 Å². The molecule has 0 aliphatic rings. The summed E-state index contributed by atoms with van der Waals surface area (Å²) in [5, 5.41) is 23.1. The molecule has 0 aromatic heterocycles. The first-order valence-corrected chi connectivity index (χ1v) is 6.54. The van der Waals surface area contributed by atoms with Crippen molar-refractivity contribution < 1.29 is 10.0 Å². The van der Waals surface area contributed by atoms with E-state index in [1.807, 2.05) is 0 Å². The topological polar surface area (TPSA) is 75.4 Å². The van der Waals surface area contributed by atoms with Crippen LogP contribution in [0.2, 0.25) is 0 Å². The fourth-order valence-electron chi connectivity index (χ4n) is 1.70. The smallest absolute Gasteiger partial charge is 0.270 e. The molecule has 1 aromatic rings. The lowest BCUT2D eigenvalue weighted by molar-refractivity contribution is -0.384. The molecule has 1 rings (SSSR count). The summed E-state index contributed by atoms with van der Waals surface area (Å²) in [4.78, 5) is 10.2. The first kappa shape index (κ1) is 14.9. The summed E-state index contributed by atoms with van der Waals surface area (Å²) < 4.78 is 0.624. The Bertz CT molecular complexity index is 424. The Morgan fingerprint density at radius 2 is 2.17 bits per heavy atom. The Morgan fingerprint density at radius 1 is 1.50 bits per heavy atom. The van der Waals surface area contributed by atoms with E-state index in [0.717, 1.165) is 12.1 Å². The van der Waals surface area contributed by atoms with Crippen LogP contribution in [-0.4, -0.2) is 22.7 Å². The van der Waals surface area contributed by atoms with Gasteiger partial charge in [-0.1, -0.05) is 13.8 Å². The van der Waals surface area contributed by atoms with Crippen LogP contribution in [0.5, 0.6) is 0 Å². The largest absolute Gasteiger partial charge is 0.394 e. The number of nitrogens with one attached hydrogen (secondary N) is 1. The molecule has 0 unspecified atom stereocenters. The first-order chi connectivity index (χ1) is 8.43. The monoisotopic (exact) mass is 316 g/mol. The van der Waals surface area contributed by atoms with Crippen LogP contribution in [0.15, 0.2) is 22.7 Å². The normalized spacial score (nSPS) is 12.5. The minimum atomic E-state index is -0.438. The fraction of sp³-hybridized carbons (Fsp3) is 0.500. The van der Waals surface area contributed by atoms with Gasteiger partial charge in [-0.2, -0.15) is 0 Å². The van der Waals surface area contributed by atoms with Crippen molar-refractivity contribution in [2.75, 3.05) is 11.9 Å². The number of non-ortho nitro benzene ring substituents is 1. The van der Waals surface area contributed by atoms with Crippen molar-refractivity contribution in [2.45, 2.75) is 26.3 Å². The molecular weight excluding hydrogens is 300 g/mol. The van der Waals surface area contributed by atoms with E-state index >= 15 is 0 Å². The van der Waals surface area contributed by atoms with Gasteiger partial charge in [0.1, 0.15) is 0 Å². The molecule has 0 heterocycles. The lowest BCUT2D eigenvalue weighted by Crippen LogP contribution is -2.25. The second-order valence-electron chi connectivity index (χ2n) is 4.57. The molecule has 5 nitrogen and oxygen atoms in total. The molecule has 1 atom stereocenters. The first-order valence-electron chi connectivity index (χ1n) is 5.75. The summed E-state index contributed by atoms with van der Waals surface area (Å²) in [6.45, 7) is 4.19. The fourth-order valence-corrected chi connectivity index (χ4v) is 2.18. The van der Waals surface area contributed by atoms with Crippen LogP contribution in [0, 0.1) is 16.0 Å². The second kappa shape index (κ2) is 6.70. The van der Waals surface area contributed by atoms with Gasteiger partial charge in [0, 0.05) is 28.3 Å². The molecule has 0 radical (unpaired) electrons. The van der Waals surface area contributed by atoms with Crippen molar-refractivity contribution in [3.05, 3.63) is 32.8 Å². The van der Waals surface area contributed by atoms with Gasteiger partial charge in [0.05, 0.1) is 11.5 Å². The number of benzene rings is 1. The standard InChI is InChI=1S/C12H17BrN2O3/c1-8(2)5-9(7-16)14-12-4-3-10(15(17)18)6-11(12)13/h3-4,6,8-9,14,16H,5,7H2,1-2H3/t9-/m0/s1. The molecule has 0 bridgehead atoms. The van der Waals surface area contributed by atoms with E-state index in [0.29, 0.717) is 10.4 Å². The summed E-state index contributed by atoms with van der Waals surface area (Å²) in [7, 11) is 0. The van der Waals surface area contributed by atoms with E-state index in [9.17, 15) is 15.2 Å². The number of anilines is 1. The zero-order valence-electron chi connectivity index (χ0n) is 10.4. The minimum absolute atomic E-state index is 0.0294. The predicted octanol–water partition coefficient (Wildman–Crippen LogP) is 3.18. The highest BCUT2D eigenvalue weighted by atomic mass is 79.9. The van der Waals surface area contributed by atoms with Gasteiger partial charge in [-0.3, -0.25) is 10.1 Å². The SMILES string of the molecule is CC(C)C[C@@H](CO)Nc1ccc([N+](=O)[O-])cc1Br. The van der Waals surface area contributed by atoms with Crippen molar-refractivity contribution in [1.82, 2.24) is 0 Å². The number of nitro benzene ring substituents is 1. The number of aliphatic hydroxyl groups is 1. The Hall–Kier alpha value is -1.14. The Kier molecular flexibility index (Phi) is 5.55. The highest BCUT2D eigenvalue weighted by Crippen LogP contribution is 2.28. The van der Waals surface area contributed by atoms with Crippen molar-refractivity contribution in [3.63, 3.8) is 0 Å². The third-order valence-corrected chi connectivity index (χ3v) is 3.16. The van der Waals surface area contributed by atoms with Gasteiger partial charge < -0.3 is 10.4 Å². The van der Waals surface area contributed by atoms with Crippen LogP contribution in [-0.2, 0) is 0 Å². The highest BCUT2D eigenvalue weighted by Gasteiger charge is 2.13. The Balaban J connectivity index is 2.80. The molecular formula is C12H17BrN2O3. The molecule has 2 N–H and O–H groups in total. The summed E-state index contributed by atoms with van der Waals surface area (Å²) in [5.41, 5.74) is 0.789. The number of nitrogens with zero attached hydrogens (tertiary/aromatic N) is 1. The lowest BCUT2D eigenvalue weighted by atomic mass is 10.0. The maximum absolute atomic E-state index is 10.6. The molecule has 0 aliphatic carbocycles. The number of aliphatic hydroxyl groups excluding tert-OH is 1. The maximum Gasteiger partial charge on any atom is 0.270 e. The zero-order chi connectivity index (χ0) is 13.7. The van der Waals surface area contributed by atoms with Crippen LogP contribution in [0.1, 0.15) is 20.3 Å². The van der Waals surface area contributed by atoms with E-state index in [1.165, 1.54) is 12.1 Å². The van der Waals surface area contributed by atoms with E-state index in [2.05, 4.69) is 35.1 Å². The van der Waals surface area contributed by atoms with E-state index in [4.69, 9.17) is 0 Å². The molecule has 0 saturated carbocycles. The molecule has 0 amide bonds. The predicted molar refractivity (Wildman–Crippen MR) is 74.7 cm³/mol. The summed E-state index contributed by atoms with van der Waals surface area (Å²) in [6, 6.07) is 4.48. The van der Waals surface area contributed by atoms with E-state index in [1.54, 1.807) is 6.07 Å². The highest BCUT2D eigenvalue weighted by molar-refractivity contribution is 9.10. The third kappa shape index (κ3) is 4.27. The number of hydrogen-bond donors (Lipinski definition) is 2. The maximum atomic E-state index is 10.6. The Labute approximate surface area is 114 Å². The molecule has 18 heavy (non-hydrogen) atoms. The van der Waals surface area contributed by atoms with Crippen LogP contribution < -0.4 is 5.32 Å². The van der Waals surface area contributed by atoms with Gasteiger partial charge in [0.15, 0.2) is 0 Å². The van der Waals surface area contributed by atoms with Crippen molar-refractivity contribution in [1.29, 1.82) is 0 Å². The number of hydrogen-bond acceptors (Lipinski definition) is 4. The van der Waals surface area contributed by atoms with Crippen LogP contribution in [0.25, 0.3) is 0 Å². The van der Waals surface area contributed by atoms with Gasteiger partial charge in [-0.25, -0.2) is 0 Å². The van der Waals surface area contributed by atoms with E-state index < -0.39 is 4.92 Å². The van der Waals surface area contributed by atoms with Gasteiger partial charge >= 0.3 is 0 Å². The zero-order valence-corrected chi connectivity index (χ0v) is 12.0. The summed E-state index contributed by atoms with van der Waals surface area (Å²) in [5.74, 6) is 0.464. The van der Waals surface area contributed by atoms with Gasteiger partial charge in [0.25, 0.3) is 5.69 Å². The van der Waals surface area contributed by atoms with Gasteiger partial charge in [-0.15, -0.1) is 0 Å². The summed E-state index contributed by atoms with van der Waals surface area (Å²) in [6.07, 6.45) is 0.833. The molecule has 0 spiro atoms. The quantitative estimate of drug-likeness (QED) is 0.624. The second-order valence-corrected chi connectivity index (χ2v) is 5.43. The van der Waals surface area contributed by atoms with Crippen molar-refractivity contribution >= 4 is 27.3 Å². The number of halogens is 1. The number of rotatable bonds is 6. The molecule has 0 saturated heterocycles. The molecule has 1 aromatic carbocycles. The third-order valence-electron chi connectivity index (χ3n) is 2.50. The Morgan fingerprint density at radius 3 is 2.61 bits per heavy atom. The summed E-state index contributed by atoms with van der Waals surface area (Å²) >= 11 is 3.29. The average Bonchev–Trinajstić information content (AvgIpc) is 2.29. The van der Waals surface area contributed by atoms with E-state index in [-0.39, 0.29) is 18.3 Å². The molecule has 0 aliphatic heterocycles. The van der Waals surface area contributed by atoms with Crippen LogP contribution in [0.3, 0.4) is 0 Å². The van der Waals surface area contributed by atoms with Crippen molar-refractivity contribution in [3.8, 4) is 0 Å². The van der Waals surface area contributed by atoms with Gasteiger partial charge in [-0.05, 0) is 34.3 Å². The van der Waals surface area contributed by atoms with Crippen molar-refractivity contribution in [2.24, 2.45) is 5.92 Å². The lowest BCUT2D eigenvalue weighted by Gasteiger charge is -2.20. The van der Waals surface area contributed by atoms with Crippen LogP contribution in [0.4, 0.5) is 11.4 Å². The minimum Gasteiger partial charge on any atom is -0.394 e.